The van der Waals surface area contributed by atoms with E-state index in [1.807, 2.05) is 11.0 Å². The molecule has 0 saturated carbocycles. The van der Waals surface area contributed by atoms with Gasteiger partial charge in [-0.25, -0.2) is 4.39 Å². The maximum absolute atomic E-state index is 13.8. The zero-order valence-electron chi connectivity index (χ0n) is 12.5. The molecule has 4 rings (SSSR count). The number of halogens is 1. The van der Waals surface area contributed by atoms with Crippen molar-refractivity contribution in [1.82, 2.24) is 9.80 Å². The molecule has 0 N–H and O–H groups in total. The number of carbonyl (C=O) groups excluding carboxylic acids is 1. The second-order valence-corrected chi connectivity index (χ2v) is 6.11. The largest absolute Gasteiger partial charge is 0.493 e. The molecule has 3 saturated heterocycles. The Kier molecular flexibility index (Phi) is 3.13. The number of ether oxygens (including phenoxy) is 2. The molecule has 0 radical (unpaired) electrons. The van der Waals surface area contributed by atoms with Gasteiger partial charge in [-0.1, -0.05) is 12.1 Å². The van der Waals surface area contributed by atoms with Gasteiger partial charge in [0.2, 0.25) is 5.91 Å². The summed E-state index contributed by atoms with van der Waals surface area (Å²) in [6.07, 6.45) is 1.30. The monoisotopic (exact) mass is 306 g/mol. The van der Waals surface area contributed by atoms with Gasteiger partial charge in [0.05, 0.1) is 19.8 Å². The molecule has 0 aliphatic carbocycles. The van der Waals surface area contributed by atoms with Gasteiger partial charge in [-0.3, -0.25) is 9.69 Å². The van der Waals surface area contributed by atoms with Crippen molar-refractivity contribution in [2.75, 3.05) is 26.8 Å². The van der Waals surface area contributed by atoms with Gasteiger partial charge in [-0.05, 0) is 6.07 Å². The first-order valence-corrected chi connectivity index (χ1v) is 7.65. The van der Waals surface area contributed by atoms with E-state index in [0.717, 1.165) is 18.5 Å². The smallest absolute Gasteiger partial charge is 0.226 e. The number of hydrogen-bond acceptors (Lipinski definition) is 4. The third kappa shape index (κ3) is 1.80. The second kappa shape index (κ2) is 4.93. The molecular formula is C16H19FN2O3. The van der Waals surface area contributed by atoms with Crippen molar-refractivity contribution < 1.29 is 18.7 Å². The zero-order valence-corrected chi connectivity index (χ0v) is 12.5. The fraction of sp³-hybridized carbons (Fsp3) is 0.562. The number of benzene rings is 1. The van der Waals surface area contributed by atoms with E-state index >= 15 is 0 Å². The molecule has 6 heteroatoms. The summed E-state index contributed by atoms with van der Waals surface area (Å²) < 4.78 is 25.0. The molecule has 3 aliphatic heterocycles. The first-order chi connectivity index (χ1) is 10.7. The Balaban J connectivity index is 1.61. The van der Waals surface area contributed by atoms with Crippen LogP contribution in [-0.4, -0.2) is 54.3 Å². The number of carbonyl (C=O) groups is 1. The van der Waals surface area contributed by atoms with Gasteiger partial charge in [0.25, 0.3) is 0 Å². The summed E-state index contributed by atoms with van der Waals surface area (Å²) in [6, 6.07) is 5.01. The third-order valence-electron chi connectivity index (χ3n) is 5.14. The molecule has 1 spiro atoms. The number of para-hydroxylation sites is 1. The molecule has 118 valence electrons. The normalized spacial score (nSPS) is 30.7. The average Bonchev–Trinajstić information content (AvgIpc) is 3.13. The van der Waals surface area contributed by atoms with Crippen LogP contribution in [0, 0.1) is 5.82 Å². The third-order valence-corrected chi connectivity index (χ3v) is 5.14. The topological polar surface area (TPSA) is 42.0 Å². The molecule has 3 aliphatic rings. The van der Waals surface area contributed by atoms with Crippen LogP contribution in [0.25, 0.3) is 0 Å². The zero-order chi connectivity index (χ0) is 15.3. The van der Waals surface area contributed by atoms with Crippen LogP contribution in [0.5, 0.6) is 5.75 Å². The van der Waals surface area contributed by atoms with Gasteiger partial charge in [0.15, 0.2) is 17.3 Å². The van der Waals surface area contributed by atoms with Crippen LogP contribution in [0.4, 0.5) is 4.39 Å². The number of methoxy groups -OCH3 is 1. The highest BCUT2D eigenvalue weighted by molar-refractivity contribution is 5.81. The van der Waals surface area contributed by atoms with Crippen LogP contribution in [0.2, 0.25) is 0 Å². The molecular weight excluding hydrogens is 287 g/mol. The molecule has 0 unspecified atom stereocenters. The Morgan fingerprint density at radius 3 is 3.14 bits per heavy atom. The van der Waals surface area contributed by atoms with Crippen molar-refractivity contribution in [1.29, 1.82) is 0 Å². The quantitative estimate of drug-likeness (QED) is 0.846. The summed E-state index contributed by atoms with van der Waals surface area (Å²) in [7, 11) is 1.48. The van der Waals surface area contributed by atoms with Gasteiger partial charge >= 0.3 is 0 Å². The number of rotatable bonds is 3. The number of likely N-dealkylation sites (tertiary alicyclic amines) is 1. The molecule has 0 aromatic heterocycles. The van der Waals surface area contributed by atoms with E-state index in [9.17, 15) is 9.18 Å². The van der Waals surface area contributed by atoms with Gasteiger partial charge in [0, 0.05) is 38.0 Å². The highest BCUT2D eigenvalue weighted by Gasteiger charge is 2.61. The minimum atomic E-state index is -0.447. The van der Waals surface area contributed by atoms with E-state index in [4.69, 9.17) is 9.47 Å². The lowest BCUT2D eigenvalue weighted by Crippen LogP contribution is -2.47. The molecule has 5 nitrogen and oxygen atoms in total. The van der Waals surface area contributed by atoms with Gasteiger partial charge in [-0.2, -0.15) is 0 Å². The van der Waals surface area contributed by atoms with Crippen molar-refractivity contribution in [3.05, 3.63) is 29.6 Å². The number of hydrogen-bond donors (Lipinski definition) is 0. The number of nitrogens with zero attached hydrogens (tertiary/aromatic N) is 2. The van der Waals surface area contributed by atoms with Crippen LogP contribution in [-0.2, 0) is 16.1 Å². The maximum atomic E-state index is 13.8. The SMILES string of the molecule is COc1c(F)cccc1CN1CC[C@@]23OCCN2C(=O)C[C@@H]13. The molecule has 1 aromatic rings. The highest BCUT2D eigenvalue weighted by atomic mass is 19.1. The summed E-state index contributed by atoms with van der Waals surface area (Å²) >= 11 is 0. The summed E-state index contributed by atoms with van der Waals surface area (Å²) in [6.45, 7) is 2.71. The van der Waals surface area contributed by atoms with Crippen LogP contribution >= 0.6 is 0 Å². The molecule has 3 heterocycles. The van der Waals surface area contributed by atoms with E-state index in [0.29, 0.717) is 26.1 Å². The van der Waals surface area contributed by atoms with E-state index in [-0.39, 0.29) is 23.5 Å². The van der Waals surface area contributed by atoms with Gasteiger partial charge < -0.3 is 14.4 Å². The fourth-order valence-electron chi connectivity index (χ4n) is 4.19. The van der Waals surface area contributed by atoms with Crippen LogP contribution < -0.4 is 4.74 Å². The van der Waals surface area contributed by atoms with E-state index < -0.39 is 5.72 Å². The van der Waals surface area contributed by atoms with Crippen LogP contribution in [0.1, 0.15) is 18.4 Å². The molecule has 1 amide bonds. The van der Waals surface area contributed by atoms with E-state index in [1.54, 1.807) is 6.07 Å². The van der Waals surface area contributed by atoms with E-state index in [1.165, 1.54) is 13.2 Å². The van der Waals surface area contributed by atoms with Crippen molar-refractivity contribution in [3.63, 3.8) is 0 Å². The van der Waals surface area contributed by atoms with Gasteiger partial charge in [0.1, 0.15) is 0 Å². The first kappa shape index (κ1) is 14.0. The van der Waals surface area contributed by atoms with Crippen molar-refractivity contribution in [2.45, 2.75) is 31.2 Å². The van der Waals surface area contributed by atoms with Crippen molar-refractivity contribution in [2.24, 2.45) is 0 Å². The Bertz CT molecular complexity index is 623. The lowest BCUT2D eigenvalue weighted by atomic mass is 10.1. The number of amides is 1. The van der Waals surface area contributed by atoms with Crippen LogP contribution in [0.15, 0.2) is 18.2 Å². The van der Waals surface area contributed by atoms with Crippen molar-refractivity contribution in [3.8, 4) is 5.75 Å². The standard InChI is InChI=1S/C16H19FN2O3/c1-21-15-11(3-2-4-12(15)17)10-18-6-5-16-13(18)9-14(20)19(16)7-8-22-16/h2-4,13H,5-10H2,1H3/t13-,16+/m1/s1. The lowest BCUT2D eigenvalue weighted by molar-refractivity contribution is -0.136. The minimum Gasteiger partial charge on any atom is -0.493 e. The molecule has 1 aromatic carbocycles. The Hall–Kier alpha value is -1.66. The molecule has 2 atom stereocenters. The Morgan fingerprint density at radius 1 is 1.45 bits per heavy atom. The maximum Gasteiger partial charge on any atom is 0.226 e. The van der Waals surface area contributed by atoms with Crippen LogP contribution in [0.3, 0.4) is 0 Å². The van der Waals surface area contributed by atoms with E-state index in [2.05, 4.69) is 4.90 Å². The summed E-state index contributed by atoms with van der Waals surface area (Å²) in [4.78, 5) is 16.3. The van der Waals surface area contributed by atoms with Crippen molar-refractivity contribution >= 4 is 5.91 Å². The predicted molar refractivity (Wildman–Crippen MR) is 76.8 cm³/mol. The Labute approximate surface area is 128 Å². The molecule has 3 fully saturated rings. The fourth-order valence-corrected chi connectivity index (χ4v) is 4.19. The molecule has 0 bridgehead atoms. The summed E-state index contributed by atoms with van der Waals surface area (Å²) in [5.74, 6) is 0.102. The predicted octanol–water partition coefficient (Wildman–Crippen LogP) is 1.37. The summed E-state index contributed by atoms with van der Waals surface area (Å²) in [5.41, 5.74) is 0.362. The first-order valence-electron chi connectivity index (χ1n) is 7.65. The summed E-state index contributed by atoms with van der Waals surface area (Å²) in [5, 5.41) is 0. The Morgan fingerprint density at radius 2 is 2.32 bits per heavy atom. The molecule has 22 heavy (non-hydrogen) atoms. The minimum absolute atomic E-state index is 0.0514. The average molecular weight is 306 g/mol. The lowest BCUT2D eigenvalue weighted by Gasteiger charge is -2.31. The highest BCUT2D eigenvalue weighted by Crippen LogP contribution is 2.46. The second-order valence-electron chi connectivity index (χ2n) is 6.11. The van der Waals surface area contributed by atoms with Gasteiger partial charge in [-0.15, -0.1) is 0 Å².